The molecule has 0 fully saturated rings. The predicted octanol–water partition coefficient (Wildman–Crippen LogP) is 2.37. The van der Waals surface area contributed by atoms with E-state index in [-0.39, 0.29) is 24.8 Å². The van der Waals surface area contributed by atoms with Gasteiger partial charge < -0.3 is 5.73 Å². The number of nitrogens with two attached hydrogens (primary N) is 1. The first-order chi connectivity index (χ1) is 3.41. The number of unbranched alkanes of at least 4 members (excludes halogenated alkanes) is 3. The second-order valence-corrected chi connectivity index (χ2v) is 1.85. The smallest absolute Gasteiger partial charge is 0.00773 e. The molecule has 0 aromatic heterocycles. The van der Waals surface area contributed by atoms with Crippen LogP contribution in [-0.4, -0.2) is 6.54 Å². The molecule has 0 bridgehead atoms. The quantitative estimate of drug-likeness (QED) is 0.650. The Morgan fingerprint density at radius 3 is 1.89 bits per heavy atom. The SMILES string of the molecule is CCCCCCN.Cl.Cl. The Labute approximate surface area is 70.2 Å². The van der Waals surface area contributed by atoms with Gasteiger partial charge in [-0.05, 0) is 13.0 Å². The van der Waals surface area contributed by atoms with E-state index in [0.29, 0.717) is 0 Å². The van der Waals surface area contributed by atoms with Crippen LogP contribution in [0.5, 0.6) is 0 Å². The summed E-state index contributed by atoms with van der Waals surface area (Å²) in [6.07, 6.45) is 5.16. The van der Waals surface area contributed by atoms with E-state index in [9.17, 15) is 0 Å². The summed E-state index contributed by atoms with van der Waals surface area (Å²) in [5, 5.41) is 0. The van der Waals surface area contributed by atoms with Crippen molar-refractivity contribution in [2.75, 3.05) is 6.54 Å². The fraction of sp³-hybridized carbons (Fsp3) is 1.00. The number of rotatable bonds is 4. The van der Waals surface area contributed by atoms with Crippen molar-refractivity contribution in [2.24, 2.45) is 5.73 Å². The summed E-state index contributed by atoms with van der Waals surface area (Å²) >= 11 is 0. The standard InChI is InChI=1S/C6H15N.2ClH/c1-2-3-4-5-6-7;;/h2-7H2,1H3;2*1H. The summed E-state index contributed by atoms with van der Waals surface area (Å²) < 4.78 is 0. The fourth-order valence-electron chi connectivity index (χ4n) is 0.571. The Bertz CT molecular complexity index is 30.2. The molecule has 0 heterocycles. The first kappa shape index (κ1) is 16.3. The van der Waals surface area contributed by atoms with Crippen LogP contribution in [0, 0.1) is 0 Å². The zero-order valence-corrected chi connectivity index (χ0v) is 7.56. The van der Waals surface area contributed by atoms with E-state index in [1.807, 2.05) is 0 Å². The first-order valence-corrected chi connectivity index (χ1v) is 3.12. The van der Waals surface area contributed by atoms with Crippen LogP contribution in [0.4, 0.5) is 0 Å². The predicted molar refractivity (Wildman–Crippen MR) is 47.7 cm³/mol. The molecule has 0 amide bonds. The van der Waals surface area contributed by atoms with Crippen LogP contribution in [0.25, 0.3) is 0 Å². The van der Waals surface area contributed by atoms with Gasteiger partial charge >= 0.3 is 0 Å². The molecule has 1 nitrogen and oxygen atoms in total. The second-order valence-electron chi connectivity index (χ2n) is 1.85. The van der Waals surface area contributed by atoms with Gasteiger partial charge in [-0.3, -0.25) is 0 Å². The molecule has 0 aliphatic heterocycles. The van der Waals surface area contributed by atoms with Crippen molar-refractivity contribution in [3.05, 3.63) is 0 Å². The Balaban J connectivity index is -0.000000180. The zero-order valence-electron chi connectivity index (χ0n) is 5.93. The van der Waals surface area contributed by atoms with Crippen LogP contribution >= 0.6 is 24.8 Å². The van der Waals surface area contributed by atoms with E-state index in [4.69, 9.17) is 5.73 Å². The van der Waals surface area contributed by atoms with Crippen LogP contribution in [0.2, 0.25) is 0 Å². The van der Waals surface area contributed by atoms with Crippen molar-refractivity contribution in [3.8, 4) is 0 Å². The summed E-state index contributed by atoms with van der Waals surface area (Å²) in [5.41, 5.74) is 5.27. The van der Waals surface area contributed by atoms with Crippen molar-refractivity contribution >= 4 is 24.8 Å². The molecule has 0 aromatic carbocycles. The number of hydrogen-bond donors (Lipinski definition) is 1. The molecule has 0 spiro atoms. The van der Waals surface area contributed by atoms with Gasteiger partial charge in [-0.2, -0.15) is 0 Å². The monoisotopic (exact) mass is 173 g/mol. The maximum absolute atomic E-state index is 5.27. The number of hydrogen-bond acceptors (Lipinski definition) is 1. The molecule has 0 aromatic rings. The Morgan fingerprint density at radius 1 is 1.00 bits per heavy atom. The highest BCUT2D eigenvalue weighted by Crippen LogP contribution is 1.95. The van der Waals surface area contributed by atoms with E-state index in [2.05, 4.69) is 6.92 Å². The molecular weight excluding hydrogens is 157 g/mol. The zero-order chi connectivity index (χ0) is 5.54. The lowest BCUT2D eigenvalue weighted by atomic mass is 10.2. The maximum Gasteiger partial charge on any atom is -0.00773 e. The van der Waals surface area contributed by atoms with Gasteiger partial charge in [-0.1, -0.05) is 26.2 Å². The van der Waals surface area contributed by atoms with Crippen molar-refractivity contribution < 1.29 is 0 Å². The third-order valence-electron chi connectivity index (χ3n) is 1.06. The average molecular weight is 174 g/mol. The highest BCUT2D eigenvalue weighted by molar-refractivity contribution is 5.85. The van der Waals surface area contributed by atoms with Crippen molar-refractivity contribution in [2.45, 2.75) is 32.6 Å². The highest BCUT2D eigenvalue weighted by Gasteiger charge is 1.80. The lowest BCUT2D eigenvalue weighted by Gasteiger charge is -1.90. The molecule has 0 saturated heterocycles. The Hall–Kier alpha value is 0.540. The molecule has 0 saturated carbocycles. The number of halogens is 2. The highest BCUT2D eigenvalue weighted by atomic mass is 35.5. The van der Waals surface area contributed by atoms with Gasteiger partial charge in [0.05, 0.1) is 0 Å². The van der Waals surface area contributed by atoms with Gasteiger partial charge in [0.1, 0.15) is 0 Å². The van der Waals surface area contributed by atoms with Gasteiger partial charge in [0.2, 0.25) is 0 Å². The lowest BCUT2D eigenvalue weighted by molar-refractivity contribution is 0.674. The molecule has 60 valence electrons. The van der Waals surface area contributed by atoms with E-state index < -0.39 is 0 Å². The van der Waals surface area contributed by atoms with Crippen molar-refractivity contribution in [1.29, 1.82) is 0 Å². The van der Waals surface area contributed by atoms with Gasteiger partial charge in [0.15, 0.2) is 0 Å². The average Bonchev–Trinajstić information content (AvgIpc) is 1.69. The molecule has 0 radical (unpaired) electrons. The second kappa shape index (κ2) is 15.8. The summed E-state index contributed by atoms with van der Waals surface area (Å²) in [4.78, 5) is 0. The topological polar surface area (TPSA) is 26.0 Å². The minimum Gasteiger partial charge on any atom is -0.330 e. The molecule has 0 aliphatic rings. The summed E-state index contributed by atoms with van der Waals surface area (Å²) in [7, 11) is 0. The van der Waals surface area contributed by atoms with Gasteiger partial charge in [-0.25, -0.2) is 0 Å². The molecule has 0 unspecified atom stereocenters. The molecule has 0 atom stereocenters. The first-order valence-electron chi connectivity index (χ1n) is 3.12. The molecule has 0 aliphatic carbocycles. The minimum absolute atomic E-state index is 0. The van der Waals surface area contributed by atoms with Crippen molar-refractivity contribution in [1.82, 2.24) is 0 Å². The van der Waals surface area contributed by atoms with Crippen LogP contribution in [0.3, 0.4) is 0 Å². The molecule has 2 N–H and O–H groups in total. The third-order valence-corrected chi connectivity index (χ3v) is 1.06. The van der Waals surface area contributed by atoms with E-state index in [1.54, 1.807) is 0 Å². The van der Waals surface area contributed by atoms with Gasteiger partial charge in [0.25, 0.3) is 0 Å². The fourth-order valence-corrected chi connectivity index (χ4v) is 0.571. The molecule has 9 heavy (non-hydrogen) atoms. The van der Waals surface area contributed by atoms with Crippen LogP contribution in [-0.2, 0) is 0 Å². The Morgan fingerprint density at radius 2 is 1.56 bits per heavy atom. The minimum atomic E-state index is 0. The van der Waals surface area contributed by atoms with Crippen molar-refractivity contribution in [3.63, 3.8) is 0 Å². The maximum atomic E-state index is 5.27. The molecular formula is C6H17Cl2N. The normalized spacial score (nSPS) is 7.33. The largest absolute Gasteiger partial charge is 0.330 e. The van der Waals surface area contributed by atoms with Crippen LogP contribution in [0.1, 0.15) is 32.6 Å². The van der Waals surface area contributed by atoms with E-state index in [0.717, 1.165) is 6.54 Å². The summed E-state index contributed by atoms with van der Waals surface area (Å²) in [6.45, 7) is 3.07. The van der Waals surface area contributed by atoms with E-state index in [1.165, 1.54) is 25.7 Å². The van der Waals surface area contributed by atoms with E-state index >= 15 is 0 Å². The molecule has 0 rings (SSSR count). The molecule has 3 heteroatoms. The Kier molecular flexibility index (Phi) is 28.6. The van der Waals surface area contributed by atoms with Gasteiger partial charge in [-0.15, -0.1) is 24.8 Å². The summed E-state index contributed by atoms with van der Waals surface area (Å²) in [6, 6.07) is 0. The third kappa shape index (κ3) is 17.7. The lowest BCUT2D eigenvalue weighted by Crippen LogP contribution is -1.97. The van der Waals surface area contributed by atoms with Gasteiger partial charge in [0, 0.05) is 0 Å². The van der Waals surface area contributed by atoms with Crippen LogP contribution in [0.15, 0.2) is 0 Å². The summed E-state index contributed by atoms with van der Waals surface area (Å²) in [5.74, 6) is 0. The van der Waals surface area contributed by atoms with Crippen LogP contribution < -0.4 is 5.73 Å².